The molecule has 17 heavy (non-hydrogen) atoms. The highest BCUT2D eigenvalue weighted by molar-refractivity contribution is 5.97. The highest BCUT2D eigenvalue weighted by atomic mass is 17.1. The van der Waals surface area contributed by atoms with Crippen LogP contribution in [0.25, 0.3) is 0 Å². The number of ketones is 3. The SMILES string of the molecule is CCC(=O)CCC(=O)CCC(=O)CC(=O)OO. The van der Waals surface area contributed by atoms with Gasteiger partial charge in [0.15, 0.2) is 0 Å². The van der Waals surface area contributed by atoms with Gasteiger partial charge < -0.3 is 4.89 Å². The van der Waals surface area contributed by atoms with Gasteiger partial charge in [-0.1, -0.05) is 6.92 Å². The van der Waals surface area contributed by atoms with Crippen LogP contribution in [0.4, 0.5) is 0 Å². The molecule has 0 saturated carbocycles. The van der Waals surface area contributed by atoms with E-state index < -0.39 is 18.2 Å². The topological polar surface area (TPSA) is 97.7 Å². The van der Waals surface area contributed by atoms with E-state index in [-0.39, 0.29) is 37.2 Å². The van der Waals surface area contributed by atoms with E-state index >= 15 is 0 Å². The van der Waals surface area contributed by atoms with Crippen LogP contribution in [0, 0.1) is 0 Å². The molecule has 0 aliphatic rings. The summed E-state index contributed by atoms with van der Waals surface area (Å²) < 4.78 is 0. The zero-order valence-electron chi connectivity index (χ0n) is 9.73. The lowest BCUT2D eigenvalue weighted by molar-refractivity contribution is -0.233. The van der Waals surface area contributed by atoms with E-state index in [9.17, 15) is 19.2 Å². The Balaban J connectivity index is 3.73. The molecule has 0 atom stereocenters. The van der Waals surface area contributed by atoms with Gasteiger partial charge in [0.1, 0.15) is 23.8 Å². The molecule has 0 heterocycles. The molecule has 0 aliphatic heterocycles. The van der Waals surface area contributed by atoms with Gasteiger partial charge in [-0.15, -0.1) is 0 Å². The lowest BCUT2D eigenvalue weighted by Crippen LogP contribution is -2.11. The average molecular weight is 244 g/mol. The molecule has 0 aromatic carbocycles. The number of hydrogen-bond acceptors (Lipinski definition) is 6. The Labute approximate surface area is 98.9 Å². The molecule has 0 fully saturated rings. The third kappa shape index (κ3) is 8.27. The van der Waals surface area contributed by atoms with Gasteiger partial charge in [0.2, 0.25) is 0 Å². The van der Waals surface area contributed by atoms with Crippen molar-refractivity contribution in [3.8, 4) is 0 Å². The predicted octanol–water partition coefficient (Wildman–Crippen LogP) is 1.07. The Morgan fingerprint density at radius 1 is 0.882 bits per heavy atom. The van der Waals surface area contributed by atoms with Gasteiger partial charge in [0, 0.05) is 32.1 Å². The van der Waals surface area contributed by atoms with E-state index in [0.29, 0.717) is 6.42 Å². The number of carbonyl (C=O) groups is 4. The maximum Gasteiger partial charge on any atom is 0.349 e. The van der Waals surface area contributed by atoms with E-state index in [4.69, 9.17) is 5.26 Å². The van der Waals surface area contributed by atoms with Crippen LogP contribution < -0.4 is 0 Å². The Morgan fingerprint density at radius 3 is 1.82 bits per heavy atom. The summed E-state index contributed by atoms with van der Waals surface area (Å²) in [4.78, 5) is 47.1. The molecular weight excluding hydrogens is 228 g/mol. The van der Waals surface area contributed by atoms with Crippen molar-refractivity contribution in [1.29, 1.82) is 0 Å². The van der Waals surface area contributed by atoms with E-state index in [0.717, 1.165) is 0 Å². The van der Waals surface area contributed by atoms with Gasteiger partial charge in [0.05, 0.1) is 0 Å². The Bertz CT molecular complexity index is 307. The molecule has 0 bridgehead atoms. The van der Waals surface area contributed by atoms with Crippen LogP contribution in [0.15, 0.2) is 0 Å². The summed E-state index contributed by atoms with van der Waals surface area (Å²) in [5, 5.41) is 7.93. The lowest BCUT2D eigenvalue weighted by atomic mass is 10.0. The first-order valence-electron chi connectivity index (χ1n) is 5.39. The molecular formula is C11H16O6. The van der Waals surface area contributed by atoms with Crippen LogP contribution in [0.3, 0.4) is 0 Å². The molecule has 0 radical (unpaired) electrons. The van der Waals surface area contributed by atoms with Crippen molar-refractivity contribution in [1.82, 2.24) is 0 Å². The lowest BCUT2D eigenvalue weighted by Gasteiger charge is -1.99. The van der Waals surface area contributed by atoms with Crippen molar-refractivity contribution in [3.63, 3.8) is 0 Å². The zero-order valence-corrected chi connectivity index (χ0v) is 9.73. The van der Waals surface area contributed by atoms with Gasteiger partial charge in [-0.25, -0.2) is 4.79 Å². The van der Waals surface area contributed by atoms with E-state index in [2.05, 4.69) is 4.89 Å². The van der Waals surface area contributed by atoms with Crippen LogP contribution in [-0.2, 0) is 24.1 Å². The molecule has 6 nitrogen and oxygen atoms in total. The second-order valence-corrected chi connectivity index (χ2v) is 3.61. The second kappa shape index (κ2) is 8.58. The van der Waals surface area contributed by atoms with Crippen molar-refractivity contribution in [3.05, 3.63) is 0 Å². The molecule has 0 aliphatic carbocycles. The molecule has 1 N–H and O–H groups in total. The molecule has 6 heteroatoms. The van der Waals surface area contributed by atoms with Crippen molar-refractivity contribution in [2.75, 3.05) is 0 Å². The molecule has 0 rings (SSSR count). The van der Waals surface area contributed by atoms with Gasteiger partial charge in [0.25, 0.3) is 0 Å². The van der Waals surface area contributed by atoms with Crippen LogP contribution in [0.5, 0.6) is 0 Å². The highest BCUT2D eigenvalue weighted by Crippen LogP contribution is 2.03. The highest BCUT2D eigenvalue weighted by Gasteiger charge is 2.13. The van der Waals surface area contributed by atoms with Crippen LogP contribution in [0.2, 0.25) is 0 Å². The predicted molar refractivity (Wildman–Crippen MR) is 57.1 cm³/mol. The van der Waals surface area contributed by atoms with E-state index in [1.54, 1.807) is 6.92 Å². The summed E-state index contributed by atoms with van der Waals surface area (Å²) in [6.45, 7) is 1.72. The molecule has 0 aromatic rings. The average Bonchev–Trinajstić information content (AvgIpc) is 2.32. The minimum absolute atomic E-state index is 0.00790. The first-order valence-corrected chi connectivity index (χ1v) is 5.39. The van der Waals surface area contributed by atoms with Gasteiger partial charge in [-0.05, 0) is 0 Å². The summed E-state index contributed by atoms with van der Waals surface area (Å²) in [5.41, 5.74) is 0. The van der Waals surface area contributed by atoms with Gasteiger partial charge >= 0.3 is 5.97 Å². The normalized spacial score (nSPS) is 9.76. The number of Topliss-reactive ketones (excluding diaryl/α,β-unsaturated/α-hetero) is 3. The van der Waals surface area contributed by atoms with Crippen molar-refractivity contribution >= 4 is 23.3 Å². The molecule has 0 unspecified atom stereocenters. The van der Waals surface area contributed by atoms with Crippen LogP contribution in [-0.4, -0.2) is 28.6 Å². The minimum atomic E-state index is -1.04. The Morgan fingerprint density at radius 2 is 1.35 bits per heavy atom. The fourth-order valence-corrected chi connectivity index (χ4v) is 1.14. The summed E-state index contributed by atoms with van der Waals surface area (Å²) >= 11 is 0. The molecule has 0 amide bonds. The summed E-state index contributed by atoms with van der Waals surface area (Å²) in [7, 11) is 0. The Hall–Kier alpha value is -1.56. The largest absolute Gasteiger partial charge is 0.349 e. The fraction of sp³-hybridized carbons (Fsp3) is 0.636. The fourth-order valence-electron chi connectivity index (χ4n) is 1.14. The molecule has 0 saturated heterocycles. The Kier molecular flexibility index (Phi) is 7.79. The van der Waals surface area contributed by atoms with Crippen LogP contribution >= 0.6 is 0 Å². The van der Waals surface area contributed by atoms with Gasteiger partial charge in [-0.3, -0.25) is 14.4 Å². The quantitative estimate of drug-likeness (QED) is 0.370. The number of rotatable bonds is 9. The van der Waals surface area contributed by atoms with E-state index in [1.807, 2.05) is 0 Å². The van der Waals surface area contributed by atoms with Crippen molar-refractivity contribution in [2.45, 2.75) is 45.4 Å². The van der Waals surface area contributed by atoms with E-state index in [1.165, 1.54) is 0 Å². The second-order valence-electron chi connectivity index (χ2n) is 3.61. The van der Waals surface area contributed by atoms with Crippen molar-refractivity contribution < 1.29 is 29.3 Å². The number of carbonyl (C=O) groups excluding carboxylic acids is 4. The molecule has 0 spiro atoms. The first kappa shape index (κ1) is 15.4. The van der Waals surface area contributed by atoms with Crippen LogP contribution in [0.1, 0.15) is 45.4 Å². The standard InChI is InChI=1S/C11H16O6/c1-2-8(12)3-4-9(13)5-6-10(14)7-11(15)17-16/h16H,2-7H2,1H3. The summed E-state index contributed by atoms with van der Waals surface area (Å²) in [6, 6.07) is 0. The van der Waals surface area contributed by atoms with Crippen molar-refractivity contribution in [2.24, 2.45) is 0 Å². The zero-order chi connectivity index (χ0) is 13.3. The number of hydrogen-bond donors (Lipinski definition) is 1. The smallest absolute Gasteiger partial charge is 0.301 e. The molecule has 96 valence electrons. The summed E-state index contributed by atoms with van der Waals surface area (Å²) in [5.74, 6) is -1.69. The maximum absolute atomic E-state index is 11.3. The maximum atomic E-state index is 11.3. The third-order valence-electron chi connectivity index (χ3n) is 2.20. The first-order chi connectivity index (χ1) is 7.99. The van der Waals surface area contributed by atoms with Gasteiger partial charge in [-0.2, -0.15) is 5.26 Å². The third-order valence-corrected chi connectivity index (χ3v) is 2.20. The minimum Gasteiger partial charge on any atom is -0.301 e. The summed E-state index contributed by atoms with van der Waals surface area (Å²) in [6.07, 6.45) is 0.113. The molecule has 0 aromatic heterocycles. The monoisotopic (exact) mass is 244 g/mol.